The molecule has 1 atom stereocenters. The Bertz CT molecular complexity index is 142. The molecule has 0 aromatic carbocycles. The van der Waals surface area contributed by atoms with Gasteiger partial charge in [-0.2, -0.15) is 0 Å². The lowest BCUT2D eigenvalue weighted by Gasteiger charge is -2.13. The maximum atomic E-state index is 9.96. The van der Waals surface area contributed by atoms with Crippen LogP contribution in [0.3, 0.4) is 0 Å². The Morgan fingerprint density at radius 1 is 1.60 bits per heavy atom. The first kappa shape index (κ1) is 7.48. The zero-order valence-electron chi connectivity index (χ0n) is 6.29. The zero-order valence-corrected chi connectivity index (χ0v) is 6.29. The zero-order chi connectivity index (χ0) is 7.40. The lowest BCUT2D eigenvalue weighted by molar-refractivity contribution is -0.104. The Balaban J connectivity index is 2.39. The third-order valence-corrected chi connectivity index (χ3v) is 1.99. The van der Waals surface area contributed by atoms with E-state index in [2.05, 4.69) is 11.9 Å². The van der Waals surface area contributed by atoms with Gasteiger partial charge in [-0.3, -0.25) is 9.69 Å². The summed E-state index contributed by atoms with van der Waals surface area (Å²) in [6.45, 7) is 1.16. The molecular formula is C8H13NO. The number of likely N-dealkylation sites (N-methyl/N-ethyl adjacent to an activating group) is 1. The maximum Gasteiger partial charge on any atom is 0.142 e. The highest BCUT2D eigenvalue weighted by molar-refractivity contribution is 5.64. The summed E-state index contributed by atoms with van der Waals surface area (Å²) in [5, 5.41) is 0. The van der Waals surface area contributed by atoms with Crippen LogP contribution in [-0.2, 0) is 4.79 Å². The van der Waals surface area contributed by atoms with Crippen molar-refractivity contribution in [3.05, 3.63) is 12.2 Å². The molecule has 2 heteroatoms. The second-order valence-electron chi connectivity index (χ2n) is 2.71. The van der Waals surface area contributed by atoms with Gasteiger partial charge in [-0.05, 0) is 32.5 Å². The van der Waals surface area contributed by atoms with E-state index in [0.29, 0.717) is 6.04 Å². The molecule has 1 aliphatic heterocycles. The number of rotatable bonds is 2. The van der Waals surface area contributed by atoms with Gasteiger partial charge in [0.1, 0.15) is 6.29 Å². The van der Waals surface area contributed by atoms with Gasteiger partial charge in [0.25, 0.3) is 0 Å². The number of aldehydes is 1. The fourth-order valence-electron chi connectivity index (χ4n) is 1.35. The molecule has 0 aromatic rings. The third-order valence-electron chi connectivity index (χ3n) is 1.99. The third kappa shape index (κ3) is 1.67. The van der Waals surface area contributed by atoms with Crippen LogP contribution in [0.1, 0.15) is 12.8 Å². The Hall–Kier alpha value is -0.630. The lowest BCUT2D eigenvalue weighted by atomic mass is 10.2. The van der Waals surface area contributed by atoms with Crippen molar-refractivity contribution in [2.75, 3.05) is 13.6 Å². The summed E-state index contributed by atoms with van der Waals surface area (Å²) in [5.74, 6) is 0. The molecule has 1 rings (SSSR count). The van der Waals surface area contributed by atoms with E-state index >= 15 is 0 Å². The molecule has 0 aliphatic carbocycles. The lowest BCUT2D eigenvalue weighted by Crippen LogP contribution is -2.22. The van der Waals surface area contributed by atoms with Gasteiger partial charge in [0.2, 0.25) is 0 Å². The highest BCUT2D eigenvalue weighted by Crippen LogP contribution is 2.14. The van der Waals surface area contributed by atoms with Crippen molar-refractivity contribution in [2.24, 2.45) is 0 Å². The van der Waals surface area contributed by atoms with Crippen molar-refractivity contribution < 1.29 is 4.79 Å². The summed E-state index contributed by atoms with van der Waals surface area (Å²) in [4.78, 5) is 12.2. The van der Waals surface area contributed by atoms with E-state index < -0.39 is 0 Å². The predicted molar refractivity (Wildman–Crippen MR) is 40.9 cm³/mol. The van der Waals surface area contributed by atoms with Gasteiger partial charge >= 0.3 is 0 Å². The van der Waals surface area contributed by atoms with Gasteiger partial charge < -0.3 is 0 Å². The van der Waals surface area contributed by atoms with Crippen molar-refractivity contribution in [3.8, 4) is 0 Å². The van der Waals surface area contributed by atoms with Crippen LogP contribution < -0.4 is 0 Å². The average molecular weight is 139 g/mol. The van der Waals surface area contributed by atoms with Crippen LogP contribution in [0.5, 0.6) is 0 Å². The normalized spacial score (nSPS) is 27.9. The van der Waals surface area contributed by atoms with Crippen LogP contribution in [0.15, 0.2) is 12.2 Å². The number of allylic oxidation sites excluding steroid dienone is 1. The molecule has 10 heavy (non-hydrogen) atoms. The molecule has 2 nitrogen and oxygen atoms in total. The monoisotopic (exact) mass is 139 g/mol. The molecule has 1 fully saturated rings. The molecule has 0 bridgehead atoms. The van der Waals surface area contributed by atoms with Crippen LogP contribution in [0.4, 0.5) is 0 Å². The number of hydrogen-bond donors (Lipinski definition) is 0. The fourth-order valence-corrected chi connectivity index (χ4v) is 1.35. The summed E-state index contributed by atoms with van der Waals surface area (Å²) in [6.07, 6.45) is 6.85. The van der Waals surface area contributed by atoms with Crippen LogP contribution >= 0.6 is 0 Å². The summed E-state index contributed by atoms with van der Waals surface area (Å²) in [6, 6.07) is 0.505. The van der Waals surface area contributed by atoms with E-state index in [9.17, 15) is 4.79 Å². The number of carbonyl (C=O) groups is 1. The highest BCUT2D eigenvalue weighted by Gasteiger charge is 2.16. The first-order chi connectivity index (χ1) is 4.84. The van der Waals surface area contributed by atoms with Gasteiger partial charge in [-0.15, -0.1) is 0 Å². The molecule has 1 aliphatic rings. The van der Waals surface area contributed by atoms with Crippen molar-refractivity contribution in [3.63, 3.8) is 0 Å². The molecule has 0 amide bonds. The number of hydrogen-bond acceptors (Lipinski definition) is 2. The molecule has 1 saturated heterocycles. The first-order valence-electron chi connectivity index (χ1n) is 3.67. The van der Waals surface area contributed by atoms with Gasteiger partial charge in [0, 0.05) is 6.04 Å². The number of carbonyl (C=O) groups excluding carboxylic acids is 1. The SMILES string of the molecule is CN1CCCC1C=CC=O. The van der Waals surface area contributed by atoms with Crippen LogP contribution in [0, 0.1) is 0 Å². The van der Waals surface area contributed by atoms with E-state index in [0.717, 1.165) is 12.8 Å². The second-order valence-corrected chi connectivity index (χ2v) is 2.71. The summed E-state index contributed by atoms with van der Waals surface area (Å²) in [7, 11) is 2.09. The molecule has 1 unspecified atom stereocenters. The van der Waals surface area contributed by atoms with Crippen molar-refractivity contribution in [2.45, 2.75) is 18.9 Å². The standard InChI is InChI=1S/C8H13NO/c1-9-6-2-4-8(9)5-3-7-10/h3,5,7-8H,2,4,6H2,1H3. The van der Waals surface area contributed by atoms with Gasteiger partial charge in [-0.25, -0.2) is 0 Å². The summed E-state index contributed by atoms with van der Waals surface area (Å²) < 4.78 is 0. The molecule has 1 heterocycles. The van der Waals surface area contributed by atoms with E-state index in [1.807, 2.05) is 6.08 Å². The molecule has 56 valence electrons. The van der Waals surface area contributed by atoms with E-state index in [1.165, 1.54) is 12.8 Å². The van der Waals surface area contributed by atoms with E-state index in [1.54, 1.807) is 6.08 Å². The van der Waals surface area contributed by atoms with Crippen molar-refractivity contribution >= 4 is 6.29 Å². The molecule has 0 saturated carbocycles. The summed E-state index contributed by atoms with van der Waals surface area (Å²) in [5.41, 5.74) is 0. The van der Waals surface area contributed by atoms with E-state index in [4.69, 9.17) is 0 Å². The Morgan fingerprint density at radius 3 is 2.90 bits per heavy atom. The fraction of sp³-hybridized carbons (Fsp3) is 0.625. The quantitative estimate of drug-likeness (QED) is 0.417. The Labute approximate surface area is 61.5 Å². The number of nitrogens with zero attached hydrogens (tertiary/aromatic N) is 1. The molecular weight excluding hydrogens is 126 g/mol. The molecule has 0 radical (unpaired) electrons. The highest BCUT2D eigenvalue weighted by atomic mass is 16.1. The smallest absolute Gasteiger partial charge is 0.142 e. The minimum atomic E-state index is 0.505. The maximum absolute atomic E-state index is 9.96. The minimum absolute atomic E-state index is 0.505. The second kappa shape index (κ2) is 3.52. The van der Waals surface area contributed by atoms with Crippen molar-refractivity contribution in [1.29, 1.82) is 0 Å². The van der Waals surface area contributed by atoms with Gasteiger partial charge in [0.15, 0.2) is 0 Å². The molecule has 0 aromatic heterocycles. The largest absolute Gasteiger partial charge is 0.300 e. The summed E-state index contributed by atoms with van der Waals surface area (Å²) >= 11 is 0. The van der Waals surface area contributed by atoms with Crippen LogP contribution in [0.25, 0.3) is 0 Å². The predicted octanol–water partition coefficient (Wildman–Crippen LogP) is 0.836. The van der Waals surface area contributed by atoms with E-state index in [-0.39, 0.29) is 0 Å². The molecule has 0 N–H and O–H groups in total. The van der Waals surface area contributed by atoms with Gasteiger partial charge in [0.05, 0.1) is 0 Å². The number of likely N-dealkylation sites (tertiary alicyclic amines) is 1. The van der Waals surface area contributed by atoms with Crippen molar-refractivity contribution in [1.82, 2.24) is 4.90 Å². The Morgan fingerprint density at radius 2 is 2.40 bits per heavy atom. The van der Waals surface area contributed by atoms with Crippen LogP contribution in [-0.4, -0.2) is 30.8 Å². The van der Waals surface area contributed by atoms with Crippen LogP contribution in [0.2, 0.25) is 0 Å². The van der Waals surface area contributed by atoms with Gasteiger partial charge in [-0.1, -0.05) is 6.08 Å². The molecule has 0 spiro atoms. The average Bonchev–Trinajstić information content (AvgIpc) is 2.31. The topological polar surface area (TPSA) is 20.3 Å². The Kier molecular flexibility index (Phi) is 2.63. The minimum Gasteiger partial charge on any atom is -0.300 e. The first-order valence-corrected chi connectivity index (χ1v) is 3.67.